The third-order valence-electron chi connectivity index (χ3n) is 2.50. The van der Waals surface area contributed by atoms with E-state index in [-0.39, 0.29) is 5.82 Å². The topological polar surface area (TPSA) is 29.0 Å². The lowest BCUT2D eigenvalue weighted by molar-refractivity contribution is -0.141. The standard InChI is InChI=1S/C11H12F3N3/c1-8-15-9(11(12,13)14)7-10(16-8)17-5-3-2-4-6-17/h2-3,7H,4-6H2,1H3. The van der Waals surface area contributed by atoms with E-state index in [4.69, 9.17) is 0 Å². The van der Waals surface area contributed by atoms with Gasteiger partial charge in [0.15, 0.2) is 0 Å². The van der Waals surface area contributed by atoms with Crippen LogP contribution in [0, 0.1) is 6.92 Å². The summed E-state index contributed by atoms with van der Waals surface area (Å²) in [4.78, 5) is 9.28. The molecule has 0 N–H and O–H groups in total. The molecule has 0 radical (unpaired) electrons. The van der Waals surface area contributed by atoms with Crippen LogP contribution in [0.2, 0.25) is 0 Å². The third kappa shape index (κ3) is 2.75. The van der Waals surface area contributed by atoms with Crippen LogP contribution in [-0.4, -0.2) is 23.1 Å². The lowest BCUT2D eigenvalue weighted by Crippen LogP contribution is -2.28. The summed E-state index contributed by atoms with van der Waals surface area (Å²) in [6.45, 7) is 2.75. The molecule has 1 aromatic heterocycles. The van der Waals surface area contributed by atoms with Crippen LogP contribution in [-0.2, 0) is 6.18 Å². The summed E-state index contributed by atoms with van der Waals surface area (Å²) in [5.41, 5.74) is -0.880. The zero-order chi connectivity index (χ0) is 12.5. The van der Waals surface area contributed by atoms with Gasteiger partial charge in [0.25, 0.3) is 0 Å². The largest absolute Gasteiger partial charge is 0.433 e. The number of aromatic nitrogens is 2. The highest BCUT2D eigenvalue weighted by atomic mass is 19.4. The molecule has 0 saturated heterocycles. The predicted molar refractivity (Wildman–Crippen MR) is 57.7 cm³/mol. The minimum absolute atomic E-state index is 0.143. The minimum atomic E-state index is -4.42. The van der Waals surface area contributed by atoms with Gasteiger partial charge < -0.3 is 4.90 Å². The SMILES string of the molecule is Cc1nc(N2CC=CCC2)cc(C(F)(F)F)n1. The second kappa shape index (κ2) is 4.35. The Hall–Kier alpha value is -1.59. The lowest BCUT2D eigenvalue weighted by Gasteiger charge is -2.25. The van der Waals surface area contributed by atoms with Crippen LogP contribution in [0.4, 0.5) is 19.0 Å². The highest BCUT2D eigenvalue weighted by Gasteiger charge is 2.33. The number of hydrogen-bond donors (Lipinski definition) is 0. The van der Waals surface area contributed by atoms with Crippen LogP contribution in [0.5, 0.6) is 0 Å². The summed E-state index contributed by atoms with van der Waals surface area (Å²) < 4.78 is 37.8. The average Bonchev–Trinajstić information content (AvgIpc) is 2.28. The van der Waals surface area contributed by atoms with Crippen LogP contribution >= 0.6 is 0 Å². The van der Waals surface area contributed by atoms with E-state index in [1.54, 1.807) is 0 Å². The monoisotopic (exact) mass is 243 g/mol. The number of nitrogens with zero attached hydrogens (tertiary/aromatic N) is 3. The summed E-state index contributed by atoms with van der Waals surface area (Å²) in [6, 6.07) is 1.01. The van der Waals surface area contributed by atoms with Gasteiger partial charge in [-0.3, -0.25) is 0 Å². The Morgan fingerprint density at radius 2 is 2.00 bits per heavy atom. The Kier molecular flexibility index (Phi) is 3.04. The molecule has 92 valence electrons. The minimum Gasteiger partial charge on any atom is -0.352 e. The molecule has 0 spiro atoms. The van der Waals surface area contributed by atoms with Crippen LogP contribution in [0.3, 0.4) is 0 Å². The Morgan fingerprint density at radius 3 is 2.59 bits per heavy atom. The van der Waals surface area contributed by atoms with Gasteiger partial charge in [-0.2, -0.15) is 13.2 Å². The molecule has 2 rings (SSSR count). The first kappa shape index (κ1) is 11.9. The number of halogens is 3. The molecule has 17 heavy (non-hydrogen) atoms. The van der Waals surface area contributed by atoms with Crippen molar-refractivity contribution in [1.82, 2.24) is 9.97 Å². The Balaban J connectivity index is 2.34. The van der Waals surface area contributed by atoms with Gasteiger partial charge >= 0.3 is 6.18 Å². The molecule has 1 aromatic rings. The molecule has 1 aliphatic rings. The molecular formula is C11H12F3N3. The summed E-state index contributed by atoms with van der Waals surface area (Å²) in [6.07, 6.45) is 0.335. The van der Waals surface area contributed by atoms with E-state index in [9.17, 15) is 13.2 Å². The summed E-state index contributed by atoms with van der Waals surface area (Å²) in [5, 5.41) is 0. The number of aryl methyl sites for hydroxylation is 1. The van der Waals surface area contributed by atoms with Crippen LogP contribution in [0.1, 0.15) is 17.9 Å². The highest BCUT2D eigenvalue weighted by Crippen LogP contribution is 2.29. The van der Waals surface area contributed by atoms with Gasteiger partial charge in [-0.15, -0.1) is 0 Å². The van der Waals surface area contributed by atoms with Gasteiger partial charge in [0.05, 0.1) is 0 Å². The van der Waals surface area contributed by atoms with Crippen molar-refractivity contribution in [3.05, 3.63) is 29.7 Å². The Bertz CT molecular complexity index is 440. The number of alkyl halides is 3. The van der Waals surface area contributed by atoms with Crippen molar-refractivity contribution in [2.24, 2.45) is 0 Å². The Morgan fingerprint density at radius 1 is 1.24 bits per heavy atom. The van der Waals surface area contributed by atoms with Crippen molar-refractivity contribution in [3.63, 3.8) is 0 Å². The molecule has 6 heteroatoms. The molecule has 1 aliphatic heterocycles. The molecular weight excluding hydrogens is 231 g/mol. The molecule has 0 atom stereocenters. The molecule has 0 bridgehead atoms. The fourth-order valence-corrected chi connectivity index (χ4v) is 1.71. The zero-order valence-electron chi connectivity index (χ0n) is 9.33. The quantitative estimate of drug-likeness (QED) is 0.710. The Labute approximate surface area is 97.0 Å². The number of anilines is 1. The molecule has 0 amide bonds. The van der Waals surface area contributed by atoms with E-state index < -0.39 is 11.9 Å². The van der Waals surface area contributed by atoms with Gasteiger partial charge in [0.2, 0.25) is 0 Å². The fourth-order valence-electron chi connectivity index (χ4n) is 1.71. The molecule has 0 aromatic carbocycles. The predicted octanol–water partition coefficient (Wildman–Crippen LogP) is 2.57. The summed E-state index contributed by atoms with van der Waals surface area (Å²) in [7, 11) is 0. The van der Waals surface area contributed by atoms with E-state index in [1.165, 1.54) is 6.92 Å². The van der Waals surface area contributed by atoms with E-state index in [0.717, 1.165) is 12.5 Å². The molecule has 2 heterocycles. The van der Waals surface area contributed by atoms with E-state index in [1.807, 2.05) is 17.1 Å². The van der Waals surface area contributed by atoms with Gasteiger partial charge in [0, 0.05) is 19.2 Å². The molecule has 0 saturated carbocycles. The molecule has 3 nitrogen and oxygen atoms in total. The van der Waals surface area contributed by atoms with Gasteiger partial charge in [-0.1, -0.05) is 12.2 Å². The average molecular weight is 243 g/mol. The zero-order valence-corrected chi connectivity index (χ0v) is 9.33. The van der Waals surface area contributed by atoms with E-state index in [2.05, 4.69) is 9.97 Å². The van der Waals surface area contributed by atoms with E-state index in [0.29, 0.717) is 18.9 Å². The molecule has 0 unspecified atom stereocenters. The third-order valence-corrected chi connectivity index (χ3v) is 2.50. The maximum absolute atomic E-state index is 12.6. The maximum atomic E-state index is 12.6. The van der Waals surface area contributed by atoms with Crippen LogP contribution in [0.15, 0.2) is 18.2 Å². The van der Waals surface area contributed by atoms with Gasteiger partial charge in [-0.25, -0.2) is 9.97 Å². The summed E-state index contributed by atoms with van der Waals surface area (Å²) in [5.74, 6) is 0.485. The molecule has 0 fully saturated rings. The fraction of sp³-hybridized carbons (Fsp3) is 0.455. The van der Waals surface area contributed by atoms with Crippen molar-refractivity contribution >= 4 is 5.82 Å². The van der Waals surface area contributed by atoms with Crippen molar-refractivity contribution in [2.75, 3.05) is 18.0 Å². The highest BCUT2D eigenvalue weighted by molar-refractivity contribution is 5.42. The van der Waals surface area contributed by atoms with Crippen molar-refractivity contribution < 1.29 is 13.2 Å². The second-order valence-corrected chi connectivity index (χ2v) is 3.86. The summed E-state index contributed by atoms with van der Waals surface area (Å²) >= 11 is 0. The van der Waals surface area contributed by atoms with Crippen molar-refractivity contribution in [1.29, 1.82) is 0 Å². The van der Waals surface area contributed by atoms with Gasteiger partial charge in [0.1, 0.15) is 17.3 Å². The maximum Gasteiger partial charge on any atom is 0.433 e. The van der Waals surface area contributed by atoms with Crippen molar-refractivity contribution in [2.45, 2.75) is 19.5 Å². The molecule has 0 aliphatic carbocycles. The lowest BCUT2D eigenvalue weighted by atomic mass is 10.2. The van der Waals surface area contributed by atoms with Gasteiger partial charge in [-0.05, 0) is 13.3 Å². The first-order valence-electron chi connectivity index (χ1n) is 5.29. The van der Waals surface area contributed by atoms with Crippen LogP contribution in [0.25, 0.3) is 0 Å². The normalized spacial score (nSPS) is 16.4. The smallest absolute Gasteiger partial charge is 0.352 e. The van der Waals surface area contributed by atoms with Crippen LogP contribution < -0.4 is 4.90 Å². The first-order chi connectivity index (χ1) is 7.97. The second-order valence-electron chi connectivity index (χ2n) is 3.86. The van der Waals surface area contributed by atoms with E-state index >= 15 is 0 Å². The first-order valence-corrected chi connectivity index (χ1v) is 5.29. The number of rotatable bonds is 1. The number of hydrogen-bond acceptors (Lipinski definition) is 3. The van der Waals surface area contributed by atoms with Crippen molar-refractivity contribution in [3.8, 4) is 0 Å².